The molecule has 2 amide bonds. The van der Waals surface area contributed by atoms with Gasteiger partial charge in [-0.25, -0.2) is 4.39 Å². The zero-order valence-corrected chi connectivity index (χ0v) is 13.2. The normalized spacial score (nSPS) is 18.4. The topological polar surface area (TPSA) is 75.4 Å². The molecule has 2 rings (SSSR count). The summed E-state index contributed by atoms with van der Waals surface area (Å²) in [6.45, 7) is 0.943. The second kappa shape index (κ2) is 6.43. The number of rotatable bonds is 2. The van der Waals surface area contributed by atoms with E-state index in [-0.39, 0.29) is 23.4 Å². The Morgan fingerprint density at radius 2 is 2.19 bits per heavy atom. The van der Waals surface area contributed by atoms with Crippen molar-refractivity contribution in [2.45, 2.75) is 12.8 Å². The van der Waals surface area contributed by atoms with Gasteiger partial charge in [-0.1, -0.05) is 0 Å². The number of nitrogens with zero attached hydrogens (tertiary/aromatic N) is 1. The van der Waals surface area contributed by atoms with Crippen LogP contribution in [0.3, 0.4) is 0 Å². The molecular formula is C14H17BrFN3O2. The minimum Gasteiger partial charge on any atom is -0.396 e. The van der Waals surface area contributed by atoms with Crippen molar-refractivity contribution in [1.29, 1.82) is 0 Å². The number of hydrogen-bond donors (Lipinski definition) is 2. The lowest BCUT2D eigenvalue weighted by molar-refractivity contribution is -0.125. The molecular weight excluding hydrogens is 341 g/mol. The third-order valence-electron chi connectivity index (χ3n) is 3.64. The highest BCUT2D eigenvalue weighted by Gasteiger charge is 2.29. The Balaban J connectivity index is 2.20. The minimum absolute atomic E-state index is 0.0646. The molecule has 0 spiro atoms. The number of halogens is 2. The monoisotopic (exact) mass is 357 g/mol. The number of carbonyl (C=O) groups excluding carboxylic acids is 2. The number of nitrogens with one attached hydrogen (secondary N) is 1. The molecule has 5 nitrogen and oxygen atoms in total. The molecule has 1 saturated heterocycles. The molecule has 0 aromatic heterocycles. The molecule has 1 fully saturated rings. The molecule has 0 bridgehead atoms. The van der Waals surface area contributed by atoms with Gasteiger partial charge in [-0.05, 0) is 40.9 Å². The van der Waals surface area contributed by atoms with Gasteiger partial charge in [-0.15, -0.1) is 0 Å². The van der Waals surface area contributed by atoms with E-state index in [0.717, 1.165) is 12.8 Å². The molecule has 3 N–H and O–H groups in total. The first-order valence-corrected chi connectivity index (χ1v) is 7.48. The van der Waals surface area contributed by atoms with E-state index < -0.39 is 5.82 Å². The average Bonchev–Trinajstić information content (AvgIpc) is 2.49. The van der Waals surface area contributed by atoms with Gasteiger partial charge in [0.2, 0.25) is 5.91 Å². The molecule has 1 aliphatic heterocycles. The fraction of sp³-hybridized carbons (Fsp3) is 0.429. The lowest BCUT2D eigenvalue weighted by atomic mass is 9.96. The molecule has 0 radical (unpaired) electrons. The van der Waals surface area contributed by atoms with Gasteiger partial charge in [-0.2, -0.15) is 0 Å². The van der Waals surface area contributed by atoms with Crippen LogP contribution in [0.5, 0.6) is 0 Å². The third kappa shape index (κ3) is 3.34. The van der Waals surface area contributed by atoms with Crippen molar-refractivity contribution in [3.8, 4) is 0 Å². The molecule has 1 aromatic carbocycles. The summed E-state index contributed by atoms with van der Waals surface area (Å²) >= 11 is 3.18. The van der Waals surface area contributed by atoms with Crippen LogP contribution in [-0.4, -0.2) is 36.9 Å². The van der Waals surface area contributed by atoms with Crippen molar-refractivity contribution in [2.75, 3.05) is 25.9 Å². The minimum atomic E-state index is -0.569. The standard InChI is InChI=1S/C14H17BrFN3O2/c1-18-13(20)8-3-2-4-19(7-8)14(21)9-5-12(17)11(16)6-10(9)15/h5-6,8H,2-4,7,17H2,1H3,(H,18,20). The van der Waals surface area contributed by atoms with E-state index in [0.29, 0.717) is 23.1 Å². The smallest absolute Gasteiger partial charge is 0.255 e. The van der Waals surface area contributed by atoms with Gasteiger partial charge in [0.05, 0.1) is 17.2 Å². The van der Waals surface area contributed by atoms with E-state index in [1.54, 1.807) is 11.9 Å². The largest absolute Gasteiger partial charge is 0.396 e. The fourth-order valence-electron chi connectivity index (χ4n) is 2.48. The Bertz CT molecular complexity index is 580. The number of nitrogens with two attached hydrogens (primary N) is 1. The molecule has 1 aromatic rings. The molecule has 1 heterocycles. The van der Waals surface area contributed by atoms with Crippen LogP contribution in [0.1, 0.15) is 23.2 Å². The zero-order valence-electron chi connectivity index (χ0n) is 11.7. The third-order valence-corrected chi connectivity index (χ3v) is 4.30. The van der Waals surface area contributed by atoms with Gasteiger partial charge in [0.15, 0.2) is 0 Å². The van der Waals surface area contributed by atoms with Gasteiger partial charge in [0.1, 0.15) is 5.82 Å². The molecule has 21 heavy (non-hydrogen) atoms. The van der Waals surface area contributed by atoms with Crippen LogP contribution < -0.4 is 11.1 Å². The summed E-state index contributed by atoms with van der Waals surface area (Å²) < 4.78 is 13.7. The van der Waals surface area contributed by atoms with E-state index >= 15 is 0 Å². The van der Waals surface area contributed by atoms with Crippen LogP contribution >= 0.6 is 15.9 Å². The number of anilines is 1. The molecule has 1 atom stereocenters. The maximum Gasteiger partial charge on any atom is 0.255 e. The van der Waals surface area contributed by atoms with Gasteiger partial charge in [-0.3, -0.25) is 9.59 Å². The summed E-state index contributed by atoms with van der Waals surface area (Å²) in [6, 6.07) is 2.51. The predicted octanol–water partition coefficient (Wildman–Crippen LogP) is 1.77. The maximum atomic E-state index is 13.3. The van der Waals surface area contributed by atoms with Crippen LogP contribution in [0, 0.1) is 11.7 Å². The Hall–Kier alpha value is -1.63. The number of nitrogen functional groups attached to an aromatic ring is 1. The Kier molecular flexibility index (Phi) is 4.82. The first-order valence-electron chi connectivity index (χ1n) is 6.69. The van der Waals surface area contributed by atoms with Crippen molar-refractivity contribution in [1.82, 2.24) is 10.2 Å². The number of likely N-dealkylation sites (tertiary alicyclic amines) is 1. The lowest BCUT2D eigenvalue weighted by Gasteiger charge is -2.32. The van der Waals surface area contributed by atoms with Crippen LogP contribution in [0.2, 0.25) is 0 Å². The maximum absolute atomic E-state index is 13.3. The second-order valence-corrected chi connectivity index (χ2v) is 5.91. The number of amides is 2. The van der Waals surface area contributed by atoms with Crippen molar-refractivity contribution >= 4 is 33.4 Å². The molecule has 0 saturated carbocycles. The Morgan fingerprint density at radius 1 is 1.48 bits per heavy atom. The summed E-state index contributed by atoms with van der Waals surface area (Å²) in [6.07, 6.45) is 1.52. The molecule has 0 aliphatic carbocycles. The van der Waals surface area contributed by atoms with Gasteiger partial charge in [0.25, 0.3) is 5.91 Å². The van der Waals surface area contributed by atoms with Gasteiger partial charge >= 0.3 is 0 Å². The molecule has 7 heteroatoms. The average molecular weight is 358 g/mol. The van der Waals surface area contributed by atoms with Crippen molar-refractivity contribution in [3.05, 3.63) is 28.0 Å². The Morgan fingerprint density at radius 3 is 2.86 bits per heavy atom. The fourth-order valence-corrected chi connectivity index (χ4v) is 2.96. The van der Waals surface area contributed by atoms with Gasteiger partial charge < -0.3 is 16.0 Å². The number of benzene rings is 1. The molecule has 1 aliphatic rings. The SMILES string of the molecule is CNC(=O)C1CCCN(C(=O)c2cc(N)c(F)cc2Br)C1. The van der Waals surface area contributed by atoms with E-state index in [2.05, 4.69) is 21.2 Å². The summed E-state index contributed by atoms with van der Waals surface area (Å²) in [4.78, 5) is 25.8. The van der Waals surface area contributed by atoms with Crippen LogP contribution in [-0.2, 0) is 4.79 Å². The summed E-state index contributed by atoms with van der Waals surface area (Å²) in [5.41, 5.74) is 5.77. The van der Waals surface area contributed by atoms with E-state index in [1.807, 2.05) is 0 Å². The van der Waals surface area contributed by atoms with Crippen LogP contribution in [0.15, 0.2) is 16.6 Å². The predicted molar refractivity (Wildman–Crippen MR) is 81.2 cm³/mol. The van der Waals surface area contributed by atoms with E-state index in [9.17, 15) is 14.0 Å². The second-order valence-electron chi connectivity index (χ2n) is 5.06. The first-order chi connectivity index (χ1) is 9.93. The summed E-state index contributed by atoms with van der Waals surface area (Å²) in [5, 5.41) is 2.61. The highest BCUT2D eigenvalue weighted by atomic mass is 79.9. The summed E-state index contributed by atoms with van der Waals surface area (Å²) in [7, 11) is 1.58. The highest BCUT2D eigenvalue weighted by Crippen LogP contribution is 2.26. The van der Waals surface area contributed by atoms with Crippen molar-refractivity contribution in [2.24, 2.45) is 5.92 Å². The number of piperidine rings is 1. The highest BCUT2D eigenvalue weighted by molar-refractivity contribution is 9.10. The number of carbonyl (C=O) groups is 2. The van der Waals surface area contributed by atoms with E-state index in [1.165, 1.54) is 12.1 Å². The number of hydrogen-bond acceptors (Lipinski definition) is 3. The quantitative estimate of drug-likeness (QED) is 0.792. The zero-order chi connectivity index (χ0) is 15.6. The van der Waals surface area contributed by atoms with Crippen molar-refractivity contribution in [3.63, 3.8) is 0 Å². The van der Waals surface area contributed by atoms with Crippen LogP contribution in [0.25, 0.3) is 0 Å². The molecule has 114 valence electrons. The Labute approximate surface area is 130 Å². The summed E-state index contributed by atoms with van der Waals surface area (Å²) in [5.74, 6) is -1.09. The van der Waals surface area contributed by atoms with Crippen LogP contribution in [0.4, 0.5) is 10.1 Å². The van der Waals surface area contributed by atoms with Crippen molar-refractivity contribution < 1.29 is 14.0 Å². The van der Waals surface area contributed by atoms with E-state index in [4.69, 9.17) is 5.73 Å². The lowest BCUT2D eigenvalue weighted by Crippen LogP contribution is -2.44. The molecule has 1 unspecified atom stereocenters. The first kappa shape index (κ1) is 15.8. The van der Waals surface area contributed by atoms with Gasteiger partial charge in [0, 0.05) is 24.6 Å².